The van der Waals surface area contributed by atoms with E-state index in [0.29, 0.717) is 11.4 Å². The largest absolute Gasteiger partial charge is 0.481 e. The second kappa shape index (κ2) is 5.45. The van der Waals surface area contributed by atoms with E-state index in [9.17, 15) is 9.59 Å². The summed E-state index contributed by atoms with van der Waals surface area (Å²) >= 11 is 1.25. The minimum Gasteiger partial charge on any atom is -0.481 e. The third-order valence-electron chi connectivity index (χ3n) is 3.01. The SMILES string of the molecule is CCN(C(=O)c1cncs1)C1COCC1C(=O)O. The van der Waals surface area contributed by atoms with E-state index in [1.165, 1.54) is 17.5 Å². The molecule has 0 bridgehead atoms. The van der Waals surface area contributed by atoms with Crippen LogP contribution in [0.1, 0.15) is 16.6 Å². The van der Waals surface area contributed by atoms with Crippen LogP contribution in [-0.4, -0.2) is 52.7 Å². The van der Waals surface area contributed by atoms with Crippen LogP contribution in [0.5, 0.6) is 0 Å². The third-order valence-corrected chi connectivity index (χ3v) is 3.77. The van der Waals surface area contributed by atoms with Crippen molar-refractivity contribution in [3.05, 3.63) is 16.6 Å². The zero-order chi connectivity index (χ0) is 13.1. The molecule has 18 heavy (non-hydrogen) atoms. The summed E-state index contributed by atoms with van der Waals surface area (Å²) in [5.41, 5.74) is 1.58. The number of carboxylic acid groups (broad SMARTS) is 1. The van der Waals surface area contributed by atoms with Crippen LogP contribution < -0.4 is 0 Å². The number of hydrogen-bond acceptors (Lipinski definition) is 5. The molecule has 7 heteroatoms. The van der Waals surface area contributed by atoms with Gasteiger partial charge in [0, 0.05) is 6.54 Å². The van der Waals surface area contributed by atoms with Crippen LogP contribution in [0.4, 0.5) is 0 Å². The normalized spacial score (nSPS) is 22.9. The van der Waals surface area contributed by atoms with E-state index in [1.54, 1.807) is 10.4 Å². The number of aromatic nitrogens is 1. The summed E-state index contributed by atoms with van der Waals surface area (Å²) < 4.78 is 5.19. The van der Waals surface area contributed by atoms with Crippen LogP contribution in [0, 0.1) is 5.92 Å². The lowest BCUT2D eigenvalue weighted by atomic mass is 10.0. The molecule has 98 valence electrons. The van der Waals surface area contributed by atoms with Crippen LogP contribution >= 0.6 is 11.3 Å². The average molecular weight is 270 g/mol. The number of rotatable bonds is 4. The highest BCUT2D eigenvalue weighted by molar-refractivity contribution is 7.11. The molecule has 1 fully saturated rings. The summed E-state index contributed by atoms with van der Waals surface area (Å²) in [7, 11) is 0. The highest BCUT2D eigenvalue weighted by atomic mass is 32.1. The Bertz CT molecular complexity index is 434. The lowest BCUT2D eigenvalue weighted by Gasteiger charge is -2.28. The first kappa shape index (κ1) is 13.0. The molecule has 1 aromatic heterocycles. The molecule has 0 radical (unpaired) electrons. The summed E-state index contributed by atoms with van der Waals surface area (Å²) in [6, 6.07) is -0.401. The summed E-state index contributed by atoms with van der Waals surface area (Å²) in [6.45, 7) is 2.71. The van der Waals surface area contributed by atoms with E-state index >= 15 is 0 Å². The van der Waals surface area contributed by atoms with Crippen molar-refractivity contribution in [1.29, 1.82) is 0 Å². The van der Waals surface area contributed by atoms with Crippen LogP contribution in [-0.2, 0) is 9.53 Å². The number of carboxylic acids is 1. The molecule has 2 rings (SSSR count). The van der Waals surface area contributed by atoms with Gasteiger partial charge in [0.2, 0.25) is 0 Å². The van der Waals surface area contributed by atoms with Gasteiger partial charge in [0.05, 0.1) is 31.0 Å². The lowest BCUT2D eigenvalue weighted by Crippen LogP contribution is -2.46. The van der Waals surface area contributed by atoms with Gasteiger partial charge in [0.1, 0.15) is 10.8 Å². The molecular weight excluding hydrogens is 256 g/mol. The van der Waals surface area contributed by atoms with Crippen LogP contribution in [0.25, 0.3) is 0 Å². The monoisotopic (exact) mass is 270 g/mol. The van der Waals surface area contributed by atoms with Crippen LogP contribution in [0.15, 0.2) is 11.7 Å². The van der Waals surface area contributed by atoms with Crippen molar-refractivity contribution in [2.45, 2.75) is 13.0 Å². The van der Waals surface area contributed by atoms with Gasteiger partial charge >= 0.3 is 5.97 Å². The van der Waals surface area contributed by atoms with Crippen molar-refractivity contribution in [3.63, 3.8) is 0 Å². The third kappa shape index (κ3) is 2.37. The fraction of sp³-hybridized carbons (Fsp3) is 0.545. The standard InChI is InChI=1S/C11H14N2O4S/c1-2-13(10(14)9-3-12-6-18-9)8-5-17-4-7(8)11(15)16/h3,6-8H,2,4-5H2,1H3,(H,15,16). The Hall–Kier alpha value is -1.47. The zero-order valence-electron chi connectivity index (χ0n) is 9.91. The van der Waals surface area contributed by atoms with Gasteiger partial charge in [-0.2, -0.15) is 0 Å². The number of nitrogens with zero attached hydrogens (tertiary/aromatic N) is 2. The van der Waals surface area contributed by atoms with Crippen molar-refractivity contribution in [1.82, 2.24) is 9.88 Å². The van der Waals surface area contributed by atoms with Gasteiger partial charge in [-0.1, -0.05) is 0 Å². The Morgan fingerprint density at radius 1 is 1.61 bits per heavy atom. The Morgan fingerprint density at radius 3 is 2.94 bits per heavy atom. The van der Waals surface area contributed by atoms with Crippen LogP contribution in [0.2, 0.25) is 0 Å². The molecule has 1 saturated heterocycles. The highest BCUT2D eigenvalue weighted by Gasteiger charge is 2.39. The van der Waals surface area contributed by atoms with Crippen LogP contribution in [0.3, 0.4) is 0 Å². The first-order valence-electron chi connectivity index (χ1n) is 5.65. The molecule has 0 spiro atoms. The number of hydrogen-bond donors (Lipinski definition) is 1. The number of amides is 1. The Morgan fingerprint density at radius 2 is 2.39 bits per heavy atom. The Kier molecular flexibility index (Phi) is 3.93. The molecule has 6 nitrogen and oxygen atoms in total. The van der Waals surface area contributed by atoms with Crippen molar-refractivity contribution in [2.75, 3.05) is 19.8 Å². The summed E-state index contributed by atoms with van der Waals surface area (Å²) in [5, 5.41) is 9.11. The minimum atomic E-state index is -0.923. The average Bonchev–Trinajstić information content (AvgIpc) is 3.00. The van der Waals surface area contributed by atoms with Crippen molar-refractivity contribution >= 4 is 23.2 Å². The predicted molar refractivity (Wildman–Crippen MR) is 64.6 cm³/mol. The van der Waals surface area contributed by atoms with Gasteiger partial charge in [0.25, 0.3) is 5.91 Å². The van der Waals surface area contributed by atoms with E-state index in [-0.39, 0.29) is 19.1 Å². The molecule has 2 unspecified atom stereocenters. The number of carbonyl (C=O) groups is 2. The fourth-order valence-corrected chi connectivity index (χ4v) is 2.65. The molecule has 1 aromatic rings. The second-order valence-corrected chi connectivity index (χ2v) is 4.89. The quantitative estimate of drug-likeness (QED) is 0.871. The molecule has 0 aliphatic carbocycles. The lowest BCUT2D eigenvalue weighted by molar-refractivity contribution is -0.142. The zero-order valence-corrected chi connectivity index (χ0v) is 10.7. The van der Waals surface area contributed by atoms with E-state index in [0.717, 1.165) is 0 Å². The maximum atomic E-state index is 12.2. The van der Waals surface area contributed by atoms with Gasteiger partial charge in [-0.15, -0.1) is 11.3 Å². The smallest absolute Gasteiger partial charge is 0.311 e. The van der Waals surface area contributed by atoms with E-state index in [1.807, 2.05) is 6.92 Å². The topological polar surface area (TPSA) is 79.7 Å². The Labute approximate surface area is 108 Å². The molecule has 2 heterocycles. The molecule has 0 saturated carbocycles. The van der Waals surface area contributed by atoms with E-state index in [4.69, 9.17) is 9.84 Å². The molecule has 1 aliphatic heterocycles. The molecule has 0 aromatic carbocycles. The minimum absolute atomic E-state index is 0.159. The first-order valence-corrected chi connectivity index (χ1v) is 6.53. The molecule has 1 N–H and O–H groups in total. The summed E-state index contributed by atoms with van der Waals surface area (Å²) in [6.07, 6.45) is 1.50. The number of aliphatic carboxylic acids is 1. The fourth-order valence-electron chi connectivity index (χ4n) is 2.08. The van der Waals surface area contributed by atoms with Crippen molar-refractivity contribution in [3.8, 4) is 0 Å². The van der Waals surface area contributed by atoms with Crippen molar-refractivity contribution in [2.24, 2.45) is 5.92 Å². The molecule has 2 atom stereocenters. The highest BCUT2D eigenvalue weighted by Crippen LogP contribution is 2.22. The maximum absolute atomic E-state index is 12.2. The van der Waals surface area contributed by atoms with Gasteiger partial charge in [-0.25, -0.2) is 0 Å². The second-order valence-electron chi connectivity index (χ2n) is 4.01. The molecular formula is C11H14N2O4S. The maximum Gasteiger partial charge on any atom is 0.311 e. The summed E-state index contributed by atoms with van der Waals surface area (Å²) in [4.78, 5) is 29.3. The number of ether oxygens (including phenoxy) is 1. The van der Waals surface area contributed by atoms with Gasteiger partial charge < -0.3 is 14.7 Å². The number of carbonyl (C=O) groups excluding carboxylic acids is 1. The van der Waals surface area contributed by atoms with Crippen molar-refractivity contribution < 1.29 is 19.4 Å². The predicted octanol–water partition coefficient (Wildman–Crippen LogP) is 0.705. The van der Waals surface area contributed by atoms with Gasteiger partial charge in [0.15, 0.2) is 0 Å². The molecule has 1 aliphatic rings. The van der Waals surface area contributed by atoms with E-state index < -0.39 is 17.9 Å². The van der Waals surface area contributed by atoms with E-state index in [2.05, 4.69) is 4.98 Å². The Balaban J connectivity index is 2.18. The van der Waals surface area contributed by atoms with Gasteiger partial charge in [-0.3, -0.25) is 14.6 Å². The first-order chi connectivity index (χ1) is 8.65. The molecule has 1 amide bonds. The summed E-state index contributed by atoms with van der Waals surface area (Å²) in [5.74, 6) is -1.75. The number of likely N-dealkylation sites (N-methyl/N-ethyl adjacent to an activating group) is 1. The number of thiazole rings is 1. The van der Waals surface area contributed by atoms with Gasteiger partial charge in [-0.05, 0) is 6.92 Å².